The van der Waals surface area contributed by atoms with Gasteiger partial charge in [0.15, 0.2) is 0 Å². The summed E-state index contributed by atoms with van der Waals surface area (Å²) in [5.41, 5.74) is 12.3. The molecule has 1 aliphatic rings. The Morgan fingerprint density at radius 1 is 0.857 bits per heavy atom. The molecule has 0 radical (unpaired) electrons. The molecule has 1 fully saturated rings. The minimum absolute atomic E-state index is 0.130. The van der Waals surface area contributed by atoms with Crippen molar-refractivity contribution >= 4 is 0 Å². The summed E-state index contributed by atoms with van der Waals surface area (Å²) >= 11 is 0. The van der Waals surface area contributed by atoms with Crippen LogP contribution in [0.2, 0.25) is 0 Å². The Bertz CT molecular complexity index is 186. The van der Waals surface area contributed by atoms with E-state index in [1.807, 2.05) is 0 Å². The van der Waals surface area contributed by atoms with Gasteiger partial charge in [-0.1, -0.05) is 40.5 Å². The summed E-state index contributed by atoms with van der Waals surface area (Å²) in [7, 11) is 0. The first-order valence-corrected chi connectivity index (χ1v) is 5.92. The SMILES string of the molecule is CC(C)C1(C(C)C)CCCCC1(N)N. The Balaban J connectivity index is 3.05. The van der Waals surface area contributed by atoms with E-state index in [0.717, 1.165) is 6.42 Å². The molecule has 84 valence electrons. The monoisotopic (exact) mass is 198 g/mol. The van der Waals surface area contributed by atoms with Crippen molar-refractivity contribution in [1.29, 1.82) is 0 Å². The molecule has 0 amide bonds. The van der Waals surface area contributed by atoms with Gasteiger partial charge in [0.2, 0.25) is 0 Å². The minimum Gasteiger partial charge on any atom is -0.313 e. The van der Waals surface area contributed by atoms with Gasteiger partial charge in [-0.15, -0.1) is 0 Å². The topological polar surface area (TPSA) is 52.0 Å². The summed E-state index contributed by atoms with van der Waals surface area (Å²) in [5.74, 6) is 1.13. The second kappa shape index (κ2) is 3.82. The molecule has 0 aromatic heterocycles. The van der Waals surface area contributed by atoms with E-state index in [0.29, 0.717) is 11.8 Å². The molecular formula is C12H26N2. The maximum absolute atomic E-state index is 6.34. The van der Waals surface area contributed by atoms with Crippen LogP contribution >= 0.6 is 0 Å². The third kappa shape index (κ3) is 1.59. The maximum atomic E-state index is 6.34. The van der Waals surface area contributed by atoms with Crippen molar-refractivity contribution in [2.24, 2.45) is 28.7 Å². The van der Waals surface area contributed by atoms with Crippen molar-refractivity contribution in [2.45, 2.75) is 59.0 Å². The molecule has 14 heavy (non-hydrogen) atoms. The second-order valence-electron chi connectivity index (χ2n) is 5.60. The quantitative estimate of drug-likeness (QED) is 0.670. The smallest absolute Gasteiger partial charge is 0.0699 e. The van der Waals surface area contributed by atoms with Crippen molar-refractivity contribution in [2.75, 3.05) is 0 Å². The molecule has 4 N–H and O–H groups in total. The first-order chi connectivity index (χ1) is 6.34. The van der Waals surface area contributed by atoms with E-state index in [2.05, 4.69) is 27.7 Å². The van der Waals surface area contributed by atoms with E-state index in [1.54, 1.807) is 0 Å². The lowest BCUT2D eigenvalue weighted by atomic mass is 9.55. The maximum Gasteiger partial charge on any atom is 0.0699 e. The van der Waals surface area contributed by atoms with Gasteiger partial charge in [0.1, 0.15) is 0 Å². The molecule has 0 aliphatic heterocycles. The van der Waals surface area contributed by atoms with Gasteiger partial charge in [-0.2, -0.15) is 0 Å². The van der Waals surface area contributed by atoms with Crippen LogP contribution < -0.4 is 11.5 Å². The first-order valence-electron chi connectivity index (χ1n) is 5.92. The van der Waals surface area contributed by atoms with E-state index >= 15 is 0 Å². The standard InChI is InChI=1S/C12H26N2/c1-9(2)11(10(3)4)7-5-6-8-12(11,13)14/h9-10H,5-8,13-14H2,1-4H3. The first kappa shape index (κ1) is 12.0. The van der Waals surface area contributed by atoms with Gasteiger partial charge in [0.05, 0.1) is 5.66 Å². The number of rotatable bonds is 2. The molecule has 0 bridgehead atoms. The lowest BCUT2D eigenvalue weighted by Crippen LogP contribution is -2.67. The van der Waals surface area contributed by atoms with E-state index < -0.39 is 5.66 Å². The van der Waals surface area contributed by atoms with Gasteiger partial charge in [-0.05, 0) is 24.7 Å². The summed E-state index contributed by atoms with van der Waals surface area (Å²) in [5, 5.41) is 0. The van der Waals surface area contributed by atoms with E-state index in [9.17, 15) is 0 Å². The van der Waals surface area contributed by atoms with Crippen LogP contribution in [0.15, 0.2) is 0 Å². The molecule has 1 rings (SSSR count). The third-order valence-electron chi connectivity index (χ3n) is 4.36. The predicted octanol–water partition coefficient (Wildman–Crippen LogP) is 2.47. The lowest BCUT2D eigenvalue weighted by molar-refractivity contribution is -0.0278. The minimum atomic E-state index is -0.465. The fraction of sp³-hybridized carbons (Fsp3) is 1.00. The molecule has 0 heterocycles. The van der Waals surface area contributed by atoms with Gasteiger partial charge in [-0.25, -0.2) is 0 Å². The zero-order chi connectivity index (χ0) is 11.0. The number of nitrogens with two attached hydrogens (primary N) is 2. The van der Waals surface area contributed by atoms with Crippen LogP contribution in [0.1, 0.15) is 53.4 Å². The fourth-order valence-electron chi connectivity index (χ4n) is 3.62. The van der Waals surface area contributed by atoms with Crippen LogP contribution in [-0.4, -0.2) is 5.66 Å². The second-order valence-corrected chi connectivity index (χ2v) is 5.60. The highest BCUT2D eigenvalue weighted by Crippen LogP contribution is 2.50. The molecule has 2 nitrogen and oxygen atoms in total. The summed E-state index contributed by atoms with van der Waals surface area (Å²) in [6.45, 7) is 9.05. The summed E-state index contributed by atoms with van der Waals surface area (Å²) in [6.07, 6.45) is 4.64. The van der Waals surface area contributed by atoms with Crippen LogP contribution in [0, 0.1) is 17.3 Å². The van der Waals surface area contributed by atoms with Gasteiger partial charge in [0.25, 0.3) is 0 Å². The highest BCUT2D eigenvalue weighted by Gasteiger charge is 2.51. The Kier molecular flexibility index (Phi) is 3.27. The largest absolute Gasteiger partial charge is 0.313 e. The molecular weight excluding hydrogens is 172 g/mol. The highest BCUT2D eigenvalue weighted by molar-refractivity contribution is 5.04. The Hall–Kier alpha value is -0.0800. The molecule has 2 heteroatoms. The average Bonchev–Trinajstić information content (AvgIpc) is 2.02. The van der Waals surface area contributed by atoms with Crippen molar-refractivity contribution in [3.63, 3.8) is 0 Å². The van der Waals surface area contributed by atoms with Crippen LogP contribution in [0.4, 0.5) is 0 Å². The highest BCUT2D eigenvalue weighted by atomic mass is 15.0. The van der Waals surface area contributed by atoms with Gasteiger partial charge in [-0.3, -0.25) is 0 Å². The summed E-state index contributed by atoms with van der Waals surface area (Å²) < 4.78 is 0. The molecule has 0 unspecified atom stereocenters. The molecule has 0 saturated heterocycles. The van der Waals surface area contributed by atoms with Crippen LogP contribution in [0.5, 0.6) is 0 Å². The normalized spacial score (nSPS) is 25.7. The molecule has 0 spiro atoms. The third-order valence-corrected chi connectivity index (χ3v) is 4.36. The van der Waals surface area contributed by atoms with Gasteiger partial charge in [0, 0.05) is 5.41 Å². The van der Waals surface area contributed by atoms with E-state index in [-0.39, 0.29) is 5.41 Å². The molecule has 0 aromatic rings. The van der Waals surface area contributed by atoms with Crippen molar-refractivity contribution in [3.8, 4) is 0 Å². The number of hydrogen-bond donors (Lipinski definition) is 2. The van der Waals surface area contributed by atoms with Crippen LogP contribution in [-0.2, 0) is 0 Å². The Morgan fingerprint density at radius 2 is 1.29 bits per heavy atom. The van der Waals surface area contributed by atoms with Gasteiger partial charge < -0.3 is 11.5 Å². The zero-order valence-electron chi connectivity index (χ0n) is 10.1. The van der Waals surface area contributed by atoms with Gasteiger partial charge >= 0.3 is 0 Å². The zero-order valence-corrected chi connectivity index (χ0v) is 10.1. The van der Waals surface area contributed by atoms with Crippen molar-refractivity contribution in [1.82, 2.24) is 0 Å². The van der Waals surface area contributed by atoms with Crippen molar-refractivity contribution in [3.05, 3.63) is 0 Å². The van der Waals surface area contributed by atoms with E-state index in [1.165, 1.54) is 19.3 Å². The van der Waals surface area contributed by atoms with E-state index in [4.69, 9.17) is 11.5 Å². The molecule has 1 aliphatic carbocycles. The molecule has 0 atom stereocenters. The lowest BCUT2D eigenvalue weighted by Gasteiger charge is -2.55. The fourth-order valence-corrected chi connectivity index (χ4v) is 3.62. The number of hydrogen-bond acceptors (Lipinski definition) is 2. The van der Waals surface area contributed by atoms with Crippen molar-refractivity contribution < 1.29 is 0 Å². The predicted molar refractivity (Wildman–Crippen MR) is 61.7 cm³/mol. The Labute approximate surface area is 88.4 Å². The van der Waals surface area contributed by atoms with Crippen LogP contribution in [0.25, 0.3) is 0 Å². The summed E-state index contributed by atoms with van der Waals surface area (Å²) in [6, 6.07) is 0. The van der Waals surface area contributed by atoms with Crippen LogP contribution in [0.3, 0.4) is 0 Å². The summed E-state index contributed by atoms with van der Waals surface area (Å²) in [4.78, 5) is 0. The molecule has 0 aromatic carbocycles. The molecule has 1 saturated carbocycles. The Morgan fingerprint density at radius 3 is 1.57 bits per heavy atom. The average molecular weight is 198 g/mol.